The van der Waals surface area contributed by atoms with Gasteiger partial charge in [0, 0.05) is 0 Å². The summed E-state index contributed by atoms with van der Waals surface area (Å²) in [5.74, 6) is -3.03. The van der Waals surface area contributed by atoms with E-state index in [4.69, 9.17) is 11.5 Å². The Hall–Kier alpha value is -1.99. The van der Waals surface area contributed by atoms with Gasteiger partial charge in [-0.05, 0) is 36.9 Å². The van der Waals surface area contributed by atoms with Gasteiger partial charge in [-0.3, -0.25) is 19.2 Å². The lowest BCUT2D eigenvalue weighted by Crippen LogP contribution is -2.54. The number of carbonyl (C=O) groups excluding carboxylic acids is 4. The maximum atomic E-state index is 12.3. The molecule has 0 aliphatic heterocycles. The number of nitrogens with one attached hydrogen (secondary N) is 3. The molecule has 0 radical (unpaired) electrons. The molecular formula is C16H29N5O6S2. The van der Waals surface area contributed by atoms with Crippen LogP contribution in [0.3, 0.4) is 0 Å². The van der Waals surface area contributed by atoms with Gasteiger partial charge in [-0.15, -0.1) is 0 Å². The molecule has 8 N–H and O–H groups in total. The van der Waals surface area contributed by atoms with Crippen molar-refractivity contribution >= 4 is 53.1 Å². The van der Waals surface area contributed by atoms with Gasteiger partial charge in [-0.2, -0.15) is 23.5 Å². The van der Waals surface area contributed by atoms with Gasteiger partial charge in [0.15, 0.2) is 0 Å². The molecule has 3 unspecified atom stereocenters. The molecule has 0 bridgehead atoms. The Labute approximate surface area is 177 Å². The van der Waals surface area contributed by atoms with Crippen molar-refractivity contribution in [3.05, 3.63) is 0 Å². The number of amides is 4. The summed E-state index contributed by atoms with van der Waals surface area (Å²) in [6.45, 7) is -0.455. The van der Waals surface area contributed by atoms with Crippen molar-refractivity contribution in [2.75, 3.05) is 30.6 Å². The summed E-state index contributed by atoms with van der Waals surface area (Å²) in [4.78, 5) is 58.7. The van der Waals surface area contributed by atoms with Crippen molar-refractivity contribution < 1.29 is 29.1 Å². The molecule has 0 spiro atoms. The molecule has 0 heterocycles. The second-order valence-corrected chi connectivity index (χ2v) is 8.05. The van der Waals surface area contributed by atoms with Gasteiger partial charge in [0.2, 0.25) is 23.6 Å². The maximum absolute atomic E-state index is 12.3. The first-order valence-corrected chi connectivity index (χ1v) is 11.5. The summed E-state index contributed by atoms with van der Waals surface area (Å²) >= 11 is 2.94. The molecule has 0 aliphatic carbocycles. The number of carbonyl (C=O) groups is 5. The molecular weight excluding hydrogens is 422 g/mol. The summed E-state index contributed by atoms with van der Waals surface area (Å²) < 4.78 is 0. The van der Waals surface area contributed by atoms with Crippen LogP contribution in [0.25, 0.3) is 0 Å². The third-order valence-electron chi connectivity index (χ3n) is 3.68. The van der Waals surface area contributed by atoms with E-state index in [2.05, 4.69) is 16.0 Å². The smallest absolute Gasteiger partial charge is 0.326 e. The molecule has 29 heavy (non-hydrogen) atoms. The van der Waals surface area contributed by atoms with Gasteiger partial charge in [0.25, 0.3) is 0 Å². The van der Waals surface area contributed by atoms with Crippen LogP contribution < -0.4 is 27.4 Å². The highest BCUT2D eigenvalue weighted by Gasteiger charge is 2.27. The van der Waals surface area contributed by atoms with E-state index in [0.29, 0.717) is 17.9 Å². The SMILES string of the molecule is CSCCC(N)C(=O)NCC(=O)NC(CC(N)=O)C(=O)NC(CCSC)C(=O)O. The summed E-state index contributed by atoms with van der Waals surface area (Å²) in [6, 6.07) is -3.30. The monoisotopic (exact) mass is 451 g/mol. The average Bonchev–Trinajstić information content (AvgIpc) is 2.65. The first-order valence-electron chi connectivity index (χ1n) is 8.74. The van der Waals surface area contributed by atoms with Crippen LogP contribution in [0.1, 0.15) is 19.3 Å². The van der Waals surface area contributed by atoms with Crippen molar-refractivity contribution in [2.24, 2.45) is 11.5 Å². The van der Waals surface area contributed by atoms with Crippen molar-refractivity contribution in [3.8, 4) is 0 Å². The fourth-order valence-corrected chi connectivity index (χ4v) is 3.06. The van der Waals surface area contributed by atoms with Crippen LogP contribution in [0.4, 0.5) is 0 Å². The number of nitrogens with two attached hydrogens (primary N) is 2. The quantitative estimate of drug-likeness (QED) is 0.161. The van der Waals surface area contributed by atoms with E-state index in [-0.39, 0.29) is 6.42 Å². The van der Waals surface area contributed by atoms with Crippen molar-refractivity contribution in [2.45, 2.75) is 37.4 Å². The van der Waals surface area contributed by atoms with Crippen LogP contribution >= 0.6 is 23.5 Å². The van der Waals surface area contributed by atoms with Crippen LogP contribution in [-0.4, -0.2) is 83.4 Å². The molecule has 3 atom stereocenters. The molecule has 4 amide bonds. The Morgan fingerprint density at radius 2 is 1.52 bits per heavy atom. The molecule has 0 aromatic heterocycles. The Kier molecular flexibility index (Phi) is 13.9. The zero-order valence-electron chi connectivity index (χ0n) is 16.4. The number of hydrogen-bond acceptors (Lipinski definition) is 8. The van der Waals surface area contributed by atoms with Gasteiger partial charge in [-0.1, -0.05) is 0 Å². The van der Waals surface area contributed by atoms with E-state index in [9.17, 15) is 29.1 Å². The van der Waals surface area contributed by atoms with Crippen LogP contribution in [0.15, 0.2) is 0 Å². The topological polar surface area (TPSA) is 194 Å². The fraction of sp³-hybridized carbons (Fsp3) is 0.688. The Bertz CT molecular complexity index is 592. The van der Waals surface area contributed by atoms with Crippen LogP contribution in [-0.2, 0) is 24.0 Å². The summed E-state index contributed by atoms with van der Waals surface area (Å²) in [7, 11) is 0. The lowest BCUT2D eigenvalue weighted by atomic mass is 10.1. The molecule has 0 fully saturated rings. The first-order chi connectivity index (χ1) is 13.6. The predicted molar refractivity (Wildman–Crippen MR) is 112 cm³/mol. The van der Waals surface area contributed by atoms with Crippen molar-refractivity contribution in [1.29, 1.82) is 0 Å². The lowest BCUT2D eigenvalue weighted by molar-refractivity contribution is -0.142. The summed E-state index contributed by atoms with van der Waals surface area (Å²) in [5.41, 5.74) is 10.8. The molecule has 0 saturated carbocycles. The van der Waals surface area contributed by atoms with Crippen molar-refractivity contribution in [3.63, 3.8) is 0 Å². The summed E-state index contributed by atoms with van der Waals surface area (Å²) in [6.07, 6.45) is 3.75. The standard InChI is InChI=1S/C16H29N5O6S2/c1-28-5-3-9(17)14(24)19-8-13(23)20-11(7-12(18)22)15(25)21-10(16(26)27)4-6-29-2/h9-11H,3-8,17H2,1-2H3,(H2,18,22)(H,19,24)(H,20,23)(H,21,25)(H,26,27). The molecule has 0 aliphatic rings. The average molecular weight is 452 g/mol. The zero-order chi connectivity index (χ0) is 22.4. The molecule has 0 aromatic rings. The number of carboxylic acid groups (broad SMARTS) is 1. The number of carboxylic acids is 1. The minimum absolute atomic E-state index is 0.170. The largest absolute Gasteiger partial charge is 0.480 e. The second kappa shape index (κ2) is 14.9. The number of thioether (sulfide) groups is 2. The highest BCUT2D eigenvalue weighted by atomic mass is 32.2. The zero-order valence-corrected chi connectivity index (χ0v) is 18.1. The van der Waals surface area contributed by atoms with Gasteiger partial charge in [0.05, 0.1) is 19.0 Å². The highest BCUT2D eigenvalue weighted by molar-refractivity contribution is 7.98. The number of primary amides is 1. The maximum Gasteiger partial charge on any atom is 0.326 e. The van der Waals surface area contributed by atoms with Crippen molar-refractivity contribution in [1.82, 2.24) is 16.0 Å². The third kappa shape index (κ3) is 12.2. The second-order valence-electron chi connectivity index (χ2n) is 6.08. The Morgan fingerprint density at radius 3 is 2.03 bits per heavy atom. The number of aliphatic carboxylic acids is 1. The van der Waals surface area contributed by atoms with Gasteiger partial charge >= 0.3 is 5.97 Å². The lowest BCUT2D eigenvalue weighted by Gasteiger charge is -2.21. The van der Waals surface area contributed by atoms with Crippen LogP contribution in [0.2, 0.25) is 0 Å². The normalized spacial score (nSPS) is 13.6. The van der Waals surface area contributed by atoms with E-state index in [0.717, 1.165) is 0 Å². The van der Waals surface area contributed by atoms with E-state index in [1.54, 1.807) is 6.26 Å². The molecule has 13 heteroatoms. The highest BCUT2D eigenvalue weighted by Crippen LogP contribution is 2.03. The summed E-state index contributed by atoms with van der Waals surface area (Å²) in [5, 5.41) is 16.1. The Morgan fingerprint density at radius 1 is 0.931 bits per heavy atom. The van der Waals surface area contributed by atoms with E-state index in [1.165, 1.54) is 23.5 Å². The van der Waals surface area contributed by atoms with Crippen LogP contribution in [0.5, 0.6) is 0 Å². The first kappa shape index (κ1) is 27.0. The molecule has 0 saturated heterocycles. The molecule has 0 aromatic carbocycles. The van der Waals surface area contributed by atoms with E-state index < -0.39 is 60.7 Å². The third-order valence-corrected chi connectivity index (χ3v) is 4.96. The van der Waals surface area contributed by atoms with Gasteiger partial charge < -0.3 is 32.5 Å². The predicted octanol–water partition coefficient (Wildman–Crippen LogP) is -2.13. The van der Waals surface area contributed by atoms with E-state index >= 15 is 0 Å². The minimum atomic E-state index is -1.36. The molecule has 0 rings (SSSR count). The molecule has 11 nitrogen and oxygen atoms in total. The fourth-order valence-electron chi connectivity index (χ4n) is 2.10. The van der Waals surface area contributed by atoms with Gasteiger partial charge in [0.1, 0.15) is 12.1 Å². The molecule has 166 valence electrons. The number of hydrogen-bond donors (Lipinski definition) is 6. The van der Waals surface area contributed by atoms with E-state index in [1.807, 2.05) is 6.26 Å². The minimum Gasteiger partial charge on any atom is -0.480 e. The number of rotatable bonds is 15. The van der Waals surface area contributed by atoms with Gasteiger partial charge in [-0.25, -0.2) is 4.79 Å². The Balaban J connectivity index is 4.82. The van der Waals surface area contributed by atoms with Crippen LogP contribution in [0, 0.1) is 0 Å².